The molecule has 1 fully saturated rings. The van der Waals surface area contributed by atoms with Crippen molar-refractivity contribution >= 4 is 21.7 Å². The van der Waals surface area contributed by atoms with Crippen LogP contribution in [0.25, 0.3) is 0 Å². The maximum absolute atomic E-state index is 12.4. The third-order valence-electron chi connectivity index (χ3n) is 5.01. The first-order valence-electron chi connectivity index (χ1n) is 10.4. The minimum Gasteiger partial charge on any atom is -0.357 e. The third-order valence-corrected chi connectivity index (χ3v) is 6.14. The van der Waals surface area contributed by atoms with Crippen LogP contribution in [-0.4, -0.2) is 64.2 Å². The Morgan fingerprint density at radius 3 is 2.59 bits per heavy atom. The molecular weight excluding hydrogens is 388 g/mol. The lowest BCUT2D eigenvalue weighted by atomic mass is 10.00. The Balaban J connectivity index is 1.79. The van der Waals surface area contributed by atoms with Gasteiger partial charge in [0.15, 0.2) is 15.8 Å². The molecule has 0 bridgehead atoms. The number of benzene rings is 1. The van der Waals surface area contributed by atoms with E-state index in [4.69, 9.17) is 0 Å². The molecule has 1 unspecified atom stereocenters. The summed E-state index contributed by atoms with van der Waals surface area (Å²) in [7, 11) is -3.17. The molecule has 162 valence electrons. The van der Waals surface area contributed by atoms with Crippen molar-refractivity contribution in [3.63, 3.8) is 0 Å². The van der Waals surface area contributed by atoms with E-state index in [0.29, 0.717) is 36.3 Å². The fourth-order valence-corrected chi connectivity index (χ4v) is 4.04. The van der Waals surface area contributed by atoms with Crippen molar-refractivity contribution in [2.45, 2.75) is 44.4 Å². The number of nitrogens with zero attached hydrogens (tertiary/aromatic N) is 2. The minimum atomic E-state index is -3.17. The molecule has 1 aromatic carbocycles. The SMILES string of the molecule is CCNC(=NCCC(=O)N1CCCC(C)C1)NCCc1ccc(S(C)(=O)=O)cc1. The van der Waals surface area contributed by atoms with Gasteiger partial charge in [-0.3, -0.25) is 9.79 Å². The molecule has 7 nitrogen and oxygen atoms in total. The van der Waals surface area contributed by atoms with Crippen LogP contribution in [0.3, 0.4) is 0 Å². The van der Waals surface area contributed by atoms with Crippen LogP contribution in [0.2, 0.25) is 0 Å². The normalized spacial score (nSPS) is 17.8. The summed E-state index contributed by atoms with van der Waals surface area (Å²) < 4.78 is 23.0. The molecule has 1 aromatic rings. The average molecular weight is 423 g/mol. The fourth-order valence-electron chi connectivity index (χ4n) is 3.41. The number of carbonyl (C=O) groups excluding carboxylic acids is 1. The summed E-state index contributed by atoms with van der Waals surface area (Å²) in [5.41, 5.74) is 1.05. The standard InChI is InChI=1S/C21H34N4O3S/c1-4-22-21(24-14-12-20(26)25-15-5-6-17(2)16-25)23-13-11-18-7-9-19(10-8-18)29(3,27)28/h7-10,17H,4-6,11-16H2,1-3H3,(H2,22,23,24). The van der Waals surface area contributed by atoms with Gasteiger partial charge in [0.2, 0.25) is 5.91 Å². The molecule has 0 spiro atoms. The highest BCUT2D eigenvalue weighted by Gasteiger charge is 2.20. The predicted molar refractivity (Wildman–Crippen MR) is 117 cm³/mol. The summed E-state index contributed by atoms with van der Waals surface area (Å²) in [6, 6.07) is 6.94. The van der Waals surface area contributed by atoms with Crippen molar-refractivity contribution < 1.29 is 13.2 Å². The van der Waals surface area contributed by atoms with Crippen molar-refractivity contribution in [1.82, 2.24) is 15.5 Å². The zero-order valence-electron chi connectivity index (χ0n) is 17.8. The Kier molecular flexibility index (Phi) is 8.95. The zero-order chi connectivity index (χ0) is 21.3. The molecule has 1 amide bonds. The maximum Gasteiger partial charge on any atom is 0.224 e. The van der Waals surface area contributed by atoms with Gasteiger partial charge in [-0.15, -0.1) is 0 Å². The number of sulfone groups is 1. The monoisotopic (exact) mass is 422 g/mol. The van der Waals surface area contributed by atoms with E-state index in [-0.39, 0.29) is 5.91 Å². The van der Waals surface area contributed by atoms with Gasteiger partial charge in [-0.05, 0) is 49.8 Å². The van der Waals surface area contributed by atoms with Crippen molar-refractivity contribution in [2.24, 2.45) is 10.9 Å². The van der Waals surface area contributed by atoms with Gasteiger partial charge in [0.1, 0.15) is 0 Å². The largest absolute Gasteiger partial charge is 0.357 e. The number of nitrogens with one attached hydrogen (secondary N) is 2. The Morgan fingerprint density at radius 1 is 1.24 bits per heavy atom. The highest BCUT2D eigenvalue weighted by molar-refractivity contribution is 7.90. The van der Waals surface area contributed by atoms with Gasteiger partial charge in [-0.2, -0.15) is 0 Å². The second-order valence-electron chi connectivity index (χ2n) is 7.69. The molecule has 2 rings (SSSR count). The van der Waals surface area contributed by atoms with Crippen LogP contribution in [-0.2, 0) is 21.1 Å². The number of hydrogen-bond acceptors (Lipinski definition) is 4. The lowest BCUT2D eigenvalue weighted by molar-refractivity contribution is -0.132. The van der Waals surface area contributed by atoms with Gasteiger partial charge >= 0.3 is 0 Å². The number of rotatable bonds is 8. The summed E-state index contributed by atoms with van der Waals surface area (Å²) >= 11 is 0. The first kappa shape index (κ1) is 23.2. The van der Waals surface area contributed by atoms with Crippen LogP contribution < -0.4 is 10.6 Å². The minimum absolute atomic E-state index is 0.183. The molecule has 29 heavy (non-hydrogen) atoms. The number of guanidine groups is 1. The van der Waals surface area contributed by atoms with Crippen molar-refractivity contribution in [3.8, 4) is 0 Å². The Hall–Kier alpha value is -2.09. The van der Waals surface area contributed by atoms with E-state index in [1.165, 1.54) is 12.7 Å². The van der Waals surface area contributed by atoms with Crippen LogP contribution >= 0.6 is 0 Å². The second kappa shape index (κ2) is 11.2. The van der Waals surface area contributed by atoms with Crippen molar-refractivity contribution in [2.75, 3.05) is 39.0 Å². The van der Waals surface area contributed by atoms with Crippen LogP contribution in [0.5, 0.6) is 0 Å². The van der Waals surface area contributed by atoms with Crippen molar-refractivity contribution in [3.05, 3.63) is 29.8 Å². The maximum atomic E-state index is 12.4. The molecule has 1 saturated heterocycles. The molecule has 1 atom stereocenters. The summed E-state index contributed by atoms with van der Waals surface area (Å²) in [5.74, 6) is 1.46. The molecule has 0 aliphatic carbocycles. The molecule has 1 heterocycles. The first-order chi connectivity index (χ1) is 13.8. The van der Waals surface area contributed by atoms with Gasteiger partial charge < -0.3 is 15.5 Å². The number of likely N-dealkylation sites (tertiary alicyclic amines) is 1. The van der Waals surface area contributed by atoms with E-state index in [0.717, 1.165) is 38.0 Å². The number of aliphatic imine (C=N–C) groups is 1. The predicted octanol–water partition coefficient (Wildman–Crippen LogP) is 1.84. The van der Waals surface area contributed by atoms with E-state index in [1.807, 2.05) is 24.0 Å². The van der Waals surface area contributed by atoms with Gasteiger partial charge in [-0.25, -0.2) is 8.42 Å². The van der Waals surface area contributed by atoms with Gasteiger partial charge in [0.05, 0.1) is 11.4 Å². The van der Waals surface area contributed by atoms with Gasteiger partial charge in [-0.1, -0.05) is 19.1 Å². The Labute approximate surface area is 174 Å². The summed E-state index contributed by atoms with van der Waals surface area (Å²) in [4.78, 5) is 19.2. The molecule has 0 radical (unpaired) electrons. The summed E-state index contributed by atoms with van der Waals surface area (Å²) in [5, 5.41) is 6.46. The van der Waals surface area contributed by atoms with Crippen molar-refractivity contribution in [1.29, 1.82) is 0 Å². The molecule has 0 saturated carbocycles. The van der Waals surface area contributed by atoms with Gasteiger partial charge in [0, 0.05) is 38.9 Å². The van der Waals surface area contributed by atoms with E-state index in [9.17, 15) is 13.2 Å². The van der Waals surface area contributed by atoms with E-state index in [1.54, 1.807) is 12.1 Å². The molecule has 8 heteroatoms. The highest BCUT2D eigenvalue weighted by Crippen LogP contribution is 2.16. The van der Waals surface area contributed by atoms with Gasteiger partial charge in [0.25, 0.3) is 0 Å². The third kappa shape index (κ3) is 8.04. The van der Waals surface area contributed by atoms with E-state index >= 15 is 0 Å². The first-order valence-corrected chi connectivity index (χ1v) is 12.3. The smallest absolute Gasteiger partial charge is 0.224 e. The van der Waals surface area contributed by atoms with E-state index < -0.39 is 9.84 Å². The number of carbonyl (C=O) groups is 1. The second-order valence-corrected chi connectivity index (χ2v) is 9.71. The lowest BCUT2D eigenvalue weighted by Crippen LogP contribution is -2.40. The number of piperidine rings is 1. The Bertz CT molecular complexity index is 791. The number of amides is 1. The average Bonchev–Trinajstić information content (AvgIpc) is 2.67. The molecule has 2 N–H and O–H groups in total. The zero-order valence-corrected chi connectivity index (χ0v) is 18.6. The summed E-state index contributed by atoms with van der Waals surface area (Å²) in [6.07, 6.45) is 4.67. The van der Waals surface area contributed by atoms with Crippen LogP contribution in [0.15, 0.2) is 34.2 Å². The highest BCUT2D eigenvalue weighted by atomic mass is 32.2. The Morgan fingerprint density at radius 2 is 1.97 bits per heavy atom. The van der Waals surface area contributed by atoms with E-state index in [2.05, 4.69) is 22.5 Å². The summed E-state index contributed by atoms with van der Waals surface area (Å²) in [6.45, 7) is 7.79. The van der Waals surface area contributed by atoms with Crippen LogP contribution in [0.1, 0.15) is 38.7 Å². The molecular formula is C21H34N4O3S. The topological polar surface area (TPSA) is 90.9 Å². The molecule has 1 aliphatic rings. The van der Waals surface area contributed by atoms with Crippen LogP contribution in [0, 0.1) is 5.92 Å². The fraction of sp³-hybridized carbons (Fsp3) is 0.619. The molecule has 1 aliphatic heterocycles. The lowest BCUT2D eigenvalue weighted by Gasteiger charge is -2.30. The van der Waals surface area contributed by atoms with Crippen LogP contribution in [0.4, 0.5) is 0 Å². The number of hydrogen-bond donors (Lipinski definition) is 2. The quantitative estimate of drug-likeness (QED) is 0.493. The molecule has 0 aromatic heterocycles.